The van der Waals surface area contributed by atoms with Crippen molar-refractivity contribution in [2.75, 3.05) is 26.2 Å². The van der Waals surface area contributed by atoms with Crippen molar-refractivity contribution in [1.82, 2.24) is 10.2 Å². The molecule has 1 aliphatic heterocycles. The van der Waals surface area contributed by atoms with E-state index in [1.165, 1.54) is 0 Å². The van der Waals surface area contributed by atoms with Crippen LogP contribution in [0.25, 0.3) is 0 Å². The molecule has 1 heterocycles. The summed E-state index contributed by atoms with van der Waals surface area (Å²) in [4.78, 5) is 25.3. The minimum atomic E-state index is -3.31. The van der Waals surface area contributed by atoms with Gasteiger partial charge in [-0.25, -0.2) is 8.78 Å². The second-order valence-corrected chi connectivity index (χ2v) is 5.51. The highest BCUT2D eigenvalue weighted by Crippen LogP contribution is 2.19. The topological polar surface area (TPSA) is 69.6 Å². The summed E-state index contributed by atoms with van der Waals surface area (Å²) in [5.41, 5.74) is 0. The summed E-state index contributed by atoms with van der Waals surface area (Å²) in [6.07, 6.45) is 1.27. The fourth-order valence-corrected chi connectivity index (χ4v) is 2.17. The fourth-order valence-electron chi connectivity index (χ4n) is 2.17. The molecule has 1 atom stereocenters. The number of likely N-dealkylation sites (tertiary alicyclic amines) is 1. The molecule has 1 fully saturated rings. The highest BCUT2D eigenvalue weighted by Gasteiger charge is 2.32. The van der Waals surface area contributed by atoms with Gasteiger partial charge < -0.3 is 15.3 Å². The molecule has 0 saturated carbocycles. The molecule has 0 aliphatic carbocycles. The Labute approximate surface area is 117 Å². The van der Waals surface area contributed by atoms with Gasteiger partial charge in [-0.1, -0.05) is 13.8 Å². The molecule has 0 aromatic rings. The van der Waals surface area contributed by atoms with E-state index >= 15 is 0 Å². The lowest BCUT2D eigenvalue weighted by Crippen LogP contribution is -2.48. The summed E-state index contributed by atoms with van der Waals surface area (Å²) < 4.78 is 25.7. The molecular formula is C13H22F2N2O3. The second kappa shape index (κ2) is 6.97. The molecule has 0 bridgehead atoms. The minimum Gasteiger partial charge on any atom is -0.390 e. The molecule has 7 heteroatoms. The third-order valence-corrected chi connectivity index (χ3v) is 3.35. The largest absolute Gasteiger partial charge is 0.390 e. The Bertz CT molecular complexity index is 362. The number of hydrogen-bond acceptors (Lipinski definition) is 3. The van der Waals surface area contributed by atoms with Crippen LogP contribution in [0.15, 0.2) is 0 Å². The number of alkyl halides is 2. The van der Waals surface area contributed by atoms with Gasteiger partial charge in [0.1, 0.15) is 6.61 Å². The molecular weight excluding hydrogens is 270 g/mol. The van der Waals surface area contributed by atoms with E-state index in [1.807, 2.05) is 0 Å². The molecule has 2 amide bonds. The number of halogens is 2. The lowest BCUT2D eigenvalue weighted by atomic mass is 9.96. The zero-order valence-electron chi connectivity index (χ0n) is 11.9. The van der Waals surface area contributed by atoms with E-state index in [4.69, 9.17) is 5.11 Å². The van der Waals surface area contributed by atoms with Gasteiger partial charge in [-0.2, -0.15) is 0 Å². The van der Waals surface area contributed by atoms with Crippen LogP contribution in [0.3, 0.4) is 0 Å². The maximum Gasteiger partial charge on any atom is 0.287 e. The van der Waals surface area contributed by atoms with E-state index in [2.05, 4.69) is 5.32 Å². The van der Waals surface area contributed by atoms with E-state index in [0.717, 1.165) is 0 Å². The van der Waals surface area contributed by atoms with Crippen LogP contribution in [-0.2, 0) is 9.59 Å². The van der Waals surface area contributed by atoms with Gasteiger partial charge in [0, 0.05) is 19.0 Å². The number of aliphatic hydroxyl groups is 1. The molecule has 1 rings (SSSR count). The third kappa shape index (κ3) is 4.70. The van der Waals surface area contributed by atoms with Crippen molar-refractivity contribution in [3.8, 4) is 0 Å². The van der Waals surface area contributed by atoms with Gasteiger partial charge in [-0.15, -0.1) is 0 Å². The van der Waals surface area contributed by atoms with Gasteiger partial charge in [0.15, 0.2) is 0 Å². The van der Waals surface area contributed by atoms with Gasteiger partial charge in [-0.05, 0) is 12.8 Å². The number of rotatable bonds is 5. The monoisotopic (exact) mass is 292 g/mol. The summed E-state index contributed by atoms with van der Waals surface area (Å²) in [5, 5.41) is 10.6. The maximum absolute atomic E-state index is 12.9. The second-order valence-electron chi connectivity index (χ2n) is 5.51. The Morgan fingerprint density at radius 3 is 2.65 bits per heavy atom. The highest BCUT2D eigenvalue weighted by atomic mass is 19.3. The average Bonchev–Trinajstić information content (AvgIpc) is 2.44. The summed E-state index contributed by atoms with van der Waals surface area (Å²) >= 11 is 0. The van der Waals surface area contributed by atoms with E-state index < -0.39 is 30.9 Å². The van der Waals surface area contributed by atoms with Gasteiger partial charge in [-0.3, -0.25) is 9.59 Å². The number of carbonyl (C=O) groups is 2. The number of nitrogens with zero attached hydrogens (tertiary/aromatic N) is 1. The van der Waals surface area contributed by atoms with E-state index in [9.17, 15) is 18.4 Å². The van der Waals surface area contributed by atoms with Crippen molar-refractivity contribution in [2.24, 2.45) is 11.8 Å². The molecule has 0 aromatic carbocycles. The SMILES string of the molecule is CC(C)C(=O)N1CCCC(C(=O)NCC(F)(F)CO)C1. The Balaban J connectivity index is 2.50. The Morgan fingerprint density at radius 2 is 2.10 bits per heavy atom. The van der Waals surface area contributed by atoms with Crippen LogP contribution in [0.4, 0.5) is 8.78 Å². The molecule has 1 saturated heterocycles. The Kier molecular flexibility index (Phi) is 5.86. The van der Waals surface area contributed by atoms with E-state index in [-0.39, 0.29) is 18.4 Å². The lowest BCUT2D eigenvalue weighted by Gasteiger charge is -2.33. The van der Waals surface area contributed by atoms with Gasteiger partial charge >= 0.3 is 0 Å². The molecule has 0 spiro atoms. The van der Waals surface area contributed by atoms with Gasteiger partial charge in [0.05, 0.1) is 12.5 Å². The smallest absolute Gasteiger partial charge is 0.287 e. The predicted octanol–water partition coefficient (Wildman–Crippen LogP) is 0.625. The van der Waals surface area contributed by atoms with Crippen molar-refractivity contribution in [3.63, 3.8) is 0 Å². The third-order valence-electron chi connectivity index (χ3n) is 3.35. The fraction of sp³-hybridized carbons (Fsp3) is 0.846. The van der Waals surface area contributed by atoms with Gasteiger partial charge in [0.25, 0.3) is 5.92 Å². The molecule has 1 aliphatic rings. The zero-order valence-corrected chi connectivity index (χ0v) is 11.9. The van der Waals surface area contributed by atoms with Gasteiger partial charge in [0.2, 0.25) is 11.8 Å². The standard InChI is InChI=1S/C13H22F2N2O3/c1-9(2)12(20)17-5-3-4-10(6-17)11(19)16-7-13(14,15)8-18/h9-10,18H,3-8H2,1-2H3,(H,16,19). The van der Waals surface area contributed by atoms with E-state index in [1.54, 1.807) is 18.7 Å². The van der Waals surface area contributed by atoms with Crippen molar-refractivity contribution >= 4 is 11.8 Å². The lowest BCUT2D eigenvalue weighted by molar-refractivity contribution is -0.139. The quantitative estimate of drug-likeness (QED) is 0.780. The average molecular weight is 292 g/mol. The normalized spacial score (nSPS) is 20.1. The van der Waals surface area contributed by atoms with Crippen molar-refractivity contribution in [1.29, 1.82) is 0 Å². The predicted molar refractivity (Wildman–Crippen MR) is 69.2 cm³/mol. The first-order valence-corrected chi connectivity index (χ1v) is 6.82. The van der Waals surface area contributed by atoms with Crippen LogP contribution in [0.1, 0.15) is 26.7 Å². The molecule has 1 unspecified atom stereocenters. The van der Waals surface area contributed by atoms with Crippen LogP contribution in [0, 0.1) is 11.8 Å². The summed E-state index contributed by atoms with van der Waals surface area (Å²) in [7, 11) is 0. The molecule has 0 aromatic heterocycles. The number of carbonyl (C=O) groups excluding carboxylic acids is 2. The zero-order chi connectivity index (χ0) is 15.3. The van der Waals surface area contributed by atoms with Crippen molar-refractivity contribution in [3.05, 3.63) is 0 Å². The summed E-state index contributed by atoms with van der Waals surface area (Å²) in [6.45, 7) is 2.27. The van der Waals surface area contributed by atoms with Crippen molar-refractivity contribution < 1.29 is 23.5 Å². The summed E-state index contributed by atoms with van der Waals surface area (Å²) in [5.74, 6) is -4.42. The molecule has 0 radical (unpaired) electrons. The maximum atomic E-state index is 12.9. The molecule has 5 nitrogen and oxygen atoms in total. The number of hydrogen-bond donors (Lipinski definition) is 2. The van der Waals surface area contributed by atoms with Crippen LogP contribution < -0.4 is 5.32 Å². The summed E-state index contributed by atoms with van der Waals surface area (Å²) in [6, 6.07) is 0. The van der Waals surface area contributed by atoms with Crippen LogP contribution in [0.5, 0.6) is 0 Å². The first-order valence-electron chi connectivity index (χ1n) is 6.82. The number of aliphatic hydroxyl groups excluding tert-OH is 1. The number of piperidine rings is 1. The first kappa shape index (κ1) is 16.8. The number of nitrogens with one attached hydrogen (secondary N) is 1. The molecule has 2 N–H and O–H groups in total. The first-order chi connectivity index (χ1) is 9.26. The van der Waals surface area contributed by atoms with Crippen molar-refractivity contribution in [2.45, 2.75) is 32.6 Å². The van der Waals surface area contributed by atoms with Crippen LogP contribution >= 0.6 is 0 Å². The van der Waals surface area contributed by atoms with E-state index in [0.29, 0.717) is 19.4 Å². The number of amides is 2. The highest BCUT2D eigenvalue weighted by molar-refractivity contribution is 5.82. The minimum absolute atomic E-state index is 0.0248. The Morgan fingerprint density at radius 1 is 1.45 bits per heavy atom. The van der Waals surface area contributed by atoms with Crippen LogP contribution in [-0.4, -0.2) is 54.0 Å². The molecule has 116 valence electrons. The molecule has 20 heavy (non-hydrogen) atoms. The Hall–Kier alpha value is -1.24. The van der Waals surface area contributed by atoms with Crippen LogP contribution in [0.2, 0.25) is 0 Å².